The lowest BCUT2D eigenvalue weighted by Crippen LogP contribution is -2.34. The predicted molar refractivity (Wildman–Crippen MR) is 110 cm³/mol. The Balaban J connectivity index is 1.53. The van der Waals surface area contributed by atoms with Gasteiger partial charge in [-0.2, -0.15) is 0 Å². The van der Waals surface area contributed by atoms with Gasteiger partial charge in [0, 0.05) is 5.56 Å². The lowest BCUT2D eigenvalue weighted by molar-refractivity contribution is -0.129. The average molecular weight is 389 g/mol. The van der Waals surface area contributed by atoms with Crippen LogP contribution in [0.3, 0.4) is 0 Å². The fourth-order valence-electron chi connectivity index (χ4n) is 3.24. The summed E-state index contributed by atoms with van der Waals surface area (Å²) < 4.78 is 17.3. The average Bonchev–Trinajstić information content (AvgIpc) is 2.78. The molecule has 0 aliphatic carbocycles. The topological polar surface area (TPSA) is 56.8 Å². The number of hydrogen-bond donors (Lipinski definition) is 1. The molecule has 3 aromatic rings. The maximum absolute atomic E-state index is 13.1. The molecule has 1 amide bonds. The summed E-state index contributed by atoms with van der Waals surface area (Å²) in [6.07, 6.45) is -0.752. The fourth-order valence-corrected chi connectivity index (χ4v) is 3.24. The molecule has 1 aliphatic rings. The van der Waals surface area contributed by atoms with Crippen molar-refractivity contribution >= 4 is 5.91 Å². The van der Waals surface area contributed by atoms with E-state index in [1.165, 1.54) is 0 Å². The van der Waals surface area contributed by atoms with Gasteiger partial charge in [-0.25, -0.2) is 0 Å². The molecule has 2 atom stereocenters. The van der Waals surface area contributed by atoms with E-state index in [0.717, 1.165) is 16.9 Å². The molecular weight excluding hydrogens is 366 g/mol. The molecule has 3 aromatic carbocycles. The second kappa shape index (κ2) is 8.69. The smallest absolute Gasteiger partial charge is 0.266 e. The van der Waals surface area contributed by atoms with Crippen molar-refractivity contribution in [2.45, 2.75) is 19.1 Å². The molecule has 2 unspecified atom stereocenters. The van der Waals surface area contributed by atoms with Gasteiger partial charge in [0.05, 0.1) is 6.04 Å². The van der Waals surface area contributed by atoms with E-state index in [2.05, 4.69) is 5.32 Å². The predicted octanol–water partition coefficient (Wildman–Crippen LogP) is 4.46. The van der Waals surface area contributed by atoms with Crippen LogP contribution < -0.4 is 19.5 Å². The van der Waals surface area contributed by atoms with Crippen LogP contribution in [0.15, 0.2) is 78.9 Å². The number of para-hydroxylation sites is 1. The molecule has 1 N–H and O–H groups in total. The molecule has 148 valence electrons. The highest BCUT2D eigenvalue weighted by Gasteiger charge is 2.25. The summed E-state index contributed by atoms with van der Waals surface area (Å²) in [4.78, 5) is 13.1. The molecule has 0 spiro atoms. The summed E-state index contributed by atoms with van der Waals surface area (Å²) in [6.45, 7) is 3.01. The molecule has 0 aromatic heterocycles. The second-order valence-electron chi connectivity index (χ2n) is 6.85. The summed E-state index contributed by atoms with van der Waals surface area (Å²) in [7, 11) is 0. The zero-order chi connectivity index (χ0) is 20.1. The molecule has 4 rings (SSSR count). The second-order valence-corrected chi connectivity index (χ2v) is 6.85. The first-order valence-corrected chi connectivity index (χ1v) is 9.67. The van der Waals surface area contributed by atoms with Gasteiger partial charge < -0.3 is 19.5 Å². The van der Waals surface area contributed by atoms with Crippen LogP contribution in [0.4, 0.5) is 0 Å². The molecule has 5 heteroatoms. The number of amides is 1. The monoisotopic (exact) mass is 389 g/mol. The van der Waals surface area contributed by atoms with Gasteiger partial charge >= 0.3 is 0 Å². The number of nitrogens with one attached hydrogen (secondary N) is 1. The third-order valence-electron chi connectivity index (χ3n) is 4.76. The van der Waals surface area contributed by atoms with Gasteiger partial charge in [0.25, 0.3) is 5.91 Å². The van der Waals surface area contributed by atoms with Crippen molar-refractivity contribution in [2.75, 3.05) is 13.2 Å². The Hall–Kier alpha value is -3.47. The Morgan fingerprint density at radius 1 is 0.862 bits per heavy atom. The summed E-state index contributed by atoms with van der Waals surface area (Å²) in [5.74, 6) is 1.87. The maximum Gasteiger partial charge on any atom is 0.266 e. The Bertz CT molecular complexity index is 959. The highest BCUT2D eigenvalue weighted by Crippen LogP contribution is 2.33. The number of rotatable bonds is 6. The van der Waals surface area contributed by atoms with Gasteiger partial charge in [-0.05, 0) is 36.8 Å². The normalized spacial score (nSPS) is 14.5. The van der Waals surface area contributed by atoms with Gasteiger partial charge in [-0.15, -0.1) is 0 Å². The van der Waals surface area contributed by atoms with Crippen molar-refractivity contribution in [3.8, 4) is 17.2 Å². The largest absolute Gasteiger partial charge is 0.486 e. The van der Waals surface area contributed by atoms with Crippen LogP contribution in [0.2, 0.25) is 0 Å². The molecule has 0 radical (unpaired) electrons. The van der Waals surface area contributed by atoms with E-state index < -0.39 is 6.10 Å². The van der Waals surface area contributed by atoms with E-state index in [-0.39, 0.29) is 11.9 Å². The molecule has 0 fully saturated rings. The highest BCUT2D eigenvalue weighted by molar-refractivity contribution is 5.83. The van der Waals surface area contributed by atoms with Crippen molar-refractivity contribution < 1.29 is 19.0 Å². The lowest BCUT2D eigenvalue weighted by atomic mass is 10.1. The molecule has 1 aliphatic heterocycles. The fraction of sp³-hybridized carbons (Fsp3) is 0.208. The van der Waals surface area contributed by atoms with Crippen LogP contribution in [0.5, 0.6) is 17.2 Å². The standard InChI is InChI=1S/C24H23NO4/c1-17(19-12-13-21-22(16-19)28-15-14-27-21)25-24(26)23(18-8-4-2-5-9-18)29-20-10-6-3-7-11-20/h2-13,16-17,23H,14-15H2,1H3,(H,25,26). The minimum absolute atomic E-state index is 0.206. The minimum Gasteiger partial charge on any atom is -0.486 e. The molecule has 0 bridgehead atoms. The van der Waals surface area contributed by atoms with Gasteiger partial charge in [0.2, 0.25) is 6.10 Å². The lowest BCUT2D eigenvalue weighted by Gasteiger charge is -2.23. The summed E-state index contributed by atoms with van der Waals surface area (Å²) in [6, 6.07) is 24.4. The third-order valence-corrected chi connectivity index (χ3v) is 4.76. The Labute approximate surface area is 170 Å². The van der Waals surface area contributed by atoms with E-state index in [1.807, 2.05) is 85.8 Å². The molecular formula is C24H23NO4. The van der Waals surface area contributed by atoms with Crippen LogP contribution in [-0.4, -0.2) is 19.1 Å². The van der Waals surface area contributed by atoms with E-state index in [1.54, 1.807) is 0 Å². The van der Waals surface area contributed by atoms with Gasteiger partial charge in [-0.3, -0.25) is 4.79 Å². The van der Waals surface area contributed by atoms with Gasteiger partial charge in [0.15, 0.2) is 11.5 Å². The van der Waals surface area contributed by atoms with E-state index in [0.29, 0.717) is 24.7 Å². The number of fused-ring (bicyclic) bond motifs is 1. The number of carbonyl (C=O) groups is 1. The van der Waals surface area contributed by atoms with Crippen molar-refractivity contribution in [3.05, 3.63) is 90.0 Å². The molecule has 0 saturated heterocycles. The van der Waals surface area contributed by atoms with Crippen LogP contribution in [0.1, 0.15) is 30.2 Å². The van der Waals surface area contributed by atoms with Crippen molar-refractivity contribution in [1.82, 2.24) is 5.32 Å². The first kappa shape index (κ1) is 18.9. The zero-order valence-corrected chi connectivity index (χ0v) is 16.2. The van der Waals surface area contributed by atoms with Crippen molar-refractivity contribution in [2.24, 2.45) is 0 Å². The maximum atomic E-state index is 13.1. The Kier molecular flexibility index (Phi) is 5.66. The van der Waals surface area contributed by atoms with E-state index in [4.69, 9.17) is 14.2 Å². The van der Waals surface area contributed by atoms with Crippen LogP contribution in [0, 0.1) is 0 Å². The van der Waals surface area contributed by atoms with Crippen molar-refractivity contribution in [3.63, 3.8) is 0 Å². The number of carbonyl (C=O) groups excluding carboxylic acids is 1. The van der Waals surface area contributed by atoms with E-state index in [9.17, 15) is 4.79 Å². The zero-order valence-electron chi connectivity index (χ0n) is 16.2. The number of hydrogen-bond acceptors (Lipinski definition) is 4. The number of benzene rings is 3. The van der Waals surface area contributed by atoms with E-state index >= 15 is 0 Å². The summed E-state index contributed by atoms with van der Waals surface area (Å²) in [5.41, 5.74) is 1.73. The molecule has 0 saturated carbocycles. The van der Waals surface area contributed by atoms with Gasteiger partial charge in [0.1, 0.15) is 19.0 Å². The third kappa shape index (κ3) is 4.51. The highest BCUT2D eigenvalue weighted by atomic mass is 16.6. The molecule has 5 nitrogen and oxygen atoms in total. The first-order valence-electron chi connectivity index (χ1n) is 9.67. The SMILES string of the molecule is CC(NC(=O)C(Oc1ccccc1)c1ccccc1)c1ccc2c(c1)OCCO2. The summed E-state index contributed by atoms with van der Waals surface area (Å²) in [5, 5.41) is 3.06. The molecule has 29 heavy (non-hydrogen) atoms. The van der Waals surface area contributed by atoms with Crippen LogP contribution in [-0.2, 0) is 4.79 Å². The van der Waals surface area contributed by atoms with Crippen LogP contribution in [0.25, 0.3) is 0 Å². The number of ether oxygens (including phenoxy) is 3. The Morgan fingerprint density at radius 3 is 2.24 bits per heavy atom. The Morgan fingerprint density at radius 2 is 1.52 bits per heavy atom. The van der Waals surface area contributed by atoms with Gasteiger partial charge in [-0.1, -0.05) is 54.6 Å². The van der Waals surface area contributed by atoms with Crippen molar-refractivity contribution in [1.29, 1.82) is 0 Å². The first-order chi connectivity index (χ1) is 14.2. The minimum atomic E-state index is -0.752. The summed E-state index contributed by atoms with van der Waals surface area (Å²) >= 11 is 0. The molecule has 1 heterocycles. The van der Waals surface area contributed by atoms with Crippen LogP contribution >= 0.6 is 0 Å². The quantitative estimate of drug-likeness (QED) is 0.676.